The van der Waals surface area contributed by atoms with Gasteiger partial charge in [-0.05, 0) is 44.4 Å². The van der Waals surface area contributed by atoms with Crippen molar-refractivity contribution in [1.82, 2.24) is 20.1 Å². The lowest BCUT2D eigenvalue weighted by Crippen LogP contribution is -2.51. The number of likely N-dealkylation sites (tertiary alicyclic amines) is 2. The number of aromatic nitrogens is 1. The predicted octanol–water partition coefficient (Wildman–Crippen LogP) is 1.16. The zero-order valence-corrected chi connectivity index (χ0v) is 16.1. The highest BCUT2D eigenvalue weighted by atomic mass is 16.5. The summed E-state index contributed by atoms with van der Waals surface area (Å²) < 4.78 is 5.00. The number of methoxy groups -OCH3 is 1. The van der Waals surface area contributed by atoms with Gasteiger partial charge in [0.15, 0.2) is 0 Å². The van der Waals surface area contributed by atoms with Crippen molar-refractivity contribution in [3.63, 3.8) is 0 Å². The van der Waals surface area contributed by atoms with Crippen molar-refractivity contribution < 1.29 is 14.3 Å². The van der Waals surface area contributed by atoms with Crippen LogP contribution in [0.25, 0.3) is 0 Å². The van der Waals surface area contributed by atoms with Crippen LogP contribution in [0.1, 0.15) is 36.0 Å². The number of hydrogen-bond acceptors (Lipinski definition) is 5. The molecule has 0 saturated carbocycles. The van der Waals surface area contributed by atoms with Gasteiger partial charge in [-0.15, -0.1) is 0 Å². The summed E-state index contributed by atoms with van der Waals surface area (Å²) >= 11 is 0. The van der Waals surface area contributed by atoms with Gasteiger partial charge in [0.05, 0.1) is 12.5 Å². The van der Waals surface area contributed by atoms with Crippen molar-refractivity contribution in [1.29, 1.82) is 0 Å². The van der Waals surface area contributed by atoms with Gasteiger partial charge in [0.2, 0.25) is 5.91 Å². The summed E-state index contributed by atoms with van der Waals surface area (Å²) in [6.07, 6.45) is 7.26. The van der Waals surface area contributed by atoms with E-state index in [0.717, 1.165) is 51.9 Å². The van der Waals surface area contributed by atoms with Crippen molar-refractivity contribution in [2.45, 2.75) is 31.7 Å². The number of nitrogens with zero attached hydrogens (tertiary/aromatic N) is 3. The molecule has 0 radical (unpaired) electrons. The SMILES string of the molecule is COCCNC(=O)[C@H]1CCCN(C2CCN(C(=O)c3ccncc3)CC2)C1. The molecule has 3 heterocycles. The minimum atomic E-state index is 0.0621. The van der Waals surface area contributed by atoms with E-state index in [1.165, 1.54) is 0 Å². The fourth-order valence-corrected chi connectivity index (χ4v) is 4.08. The van der Waals surface area contributed by atoms with Crippen LogP contribution in [-0.4, -0.2) is 79.1 Å². The molecule has 1 atom stereocenters. The molecule has 7 heteroatoms. The number of hydrogen-bond donors (Lipinski definition) is 1. The molecule has 27 heavy (non-hydrogen) atoms. The Hall–Kier alpha value is -1.99. The number of piperidine rings is 2. The van der Waals surface area contributed by atoms with Crippen LogP contribution in [0.3, 0.4) is 0 Å². The maximum absolute atomic E-state index is 12.6. The van der Waals surface area contributed by atoms with Gasteiger partial charge in [-0.1, -0.05) is 0 Å². The Morgan fingerprint density at radius 1 is 1.19 bits per heavy atom. The number of ether oxygens (including phenoxy) is 1. The Bertz CT molecular complexity index is 617. The minimum Gasteiger partial charge on any atom is -0.383 e. The lowest BCUT2D eigenvalue weighted by Gasteiger charge is -2.42. The summed E-state index contributed by atoms with van der Waals surface area (Å²) in [6.45, 7) is 4.53. The lowest BCUT2D eigenvalue weighted by atomic mass is 9.93. The number of amides is 2. The van der Waals surface area contributed by atoms with E-state index in [4.69, 9.17) is 4.74 Å². The molecule has 3 rings (SSSR count). The maximum atomic E-state index is 12.6. The summed E-state index contributed by atoms with van der Waals surface area (Å²) in [6, 6.07) is 4.00. The largest absolute Gasteiger partial charge is 0.383 e. The van der Waals surface area contributed by atoms with E-state index < -0.39 is 0 Å². The Balaban J connectivity index is 1.47. The monoisotopic (exact) mass is 374 g/mol. The van der Waals surface area contributed by atoms with E-state index in [0.29, 0.717) is 24.8 Å². The van der Waals surface area contributed by atoms with E-state index in [9.17, 15) is 9.59 Å². The molecule has 0 aliphatic carbocycles. The second kappa shape index (κ2) is 9.80. The fraction of sp³-hybridized carbons (Fsp3) is 0.650. The lowest BCUT2D eigenvalue weighted by molar-refractivity contribution is -0.127. The molecular formula is C20H30N4O3. The molecule has 2 aliphatic heterocycles. The first-order chi connectivity index (χ1) is 13.2. The number of rotatable bonds is 6. The average Bonchev–Trinajstić information content (AvgIpc) is 2.74. The second-order valence-electron chi connectivity index (χ2n) is 7.38. The fourth-order valence-electron chi connectivity index (χ4n) is 4.08. The molecule has 7 nitrogen and oxygen atoms in total. The summed E-state index contributed by atoms with van der Waals surface area (Å²) in [4.78, 5) is 33.3. The molecule has 0 spiro atoms. The quantitative estimate of drug-likeness (QED) is 0.757. The zero-order chi connectivity index (χ0) is 19.1. The third-order valence-corrected chi connectivity index (χ3v) is 5.62. The van der Waals surface area contributed by atoms with E-state index >= 15 is 0 Å². The van der Waals surface area contributed by atoms with Crippen molar-refractivity contribution in [2.75, 3.05) is 46.4 Å². The maximum Gasteiger partial charge on any atom is 0.253 e. The highest BCUT2D eigenvalue weighted by Gasteiger charge is 2.32. The van der Waals surface area contributed by atoms with Gasteiger partial charge in [-0.3, -0.25) is 19.5 Å². The van der Waals surface area contributed by atoms with Crippen molar-refractivity contribution in [2.24, 2.45) is 5.92 Å². The topological polar surface area (TPSA) is 74.8 Å². The van der Waals surface area contributed by atoms with E-state index in [1.807, 2.05) is 4.90 Å². The molecular weight excluding hydrogens is 344 g/mol. The van der Waals surface area contributed by atoms with Gasteiger partial charge in [0.1, 0.15) is 0 Å². The average molecular weight is 374 g/mol. The molecule has 148 valence electrons. The first kappa shape index (κ1) is 19.8. The number of pyridine rings is 1. The Morgan fingerprint density at radius 2 is 1.93 bits per heavy atom. The molecule has 1 aromatic rings. The van der Waals surface area contributed by atoms with Crippen LogP contribution in [0, 0.1) is 5.92 Å². The second-order valence-corrected chi connectivity index (χ2v) is 7.38. The van der Waals surface area contributed by atoms with Crippen LogP contribution >= 0.6 is 0 Å². The molecule has 1 N–H and O–H groups in total. The van der Waals surface area contributed by atoms with Crippen LogP contribution < -0.4 is 5.32 Å². The molecule has 0 aromatic carbocycles. The molecule has 2 saturated heterocycles. The smallest absolute Gasteiger partial charge is 0.253 e. The number of nitrogens with one attached hydrogen (secondary N) is 1. The Morgan fingerprint density at radius 3 is 2.63 bits per heavy atom. The van der Waals surface area contributed by atoms with E-state index in [2.05, 4.69) is 15.2 Å². The van der Waals surface area contributed by atoms with Gasteiger partial charge >= 0.3 is 0 Å². The first-order valence-electron chi connectivity index (χ1n) is 9.89. The molecule has 2 aliphatic rings. The summed E-state index contributed by atoms with van der Waals surface area (Å²) in [5.41, 5.74) is 0.703. The number of carbonyl (C=O) groups excluding carboxylic acids is 2. The highest BCUT2D eigenvalue weighted by Crippen LogP contribution is 2.24. The molecule has 0 unspecified atom stereocenters. The van der Waals surface area contributed by atoms with Crippen LogP contribution in [-0.2, 0) is 9.53 Å². The predicted molar refractivity (Wildman–Crippen MR) is 102 cm³/mol. The summed E-state index contributed by atoms with van der Waals surface area (Å²) in [7, 11) is 1.64. The van der Waals surface area contributed by atoms with E-state index in [-0.39, 0.29) is 17.7 Å². The first-order valence-corrected chi connectivity index (χ1v) is 9.89. The molecule has 1 aromatic heterocycles. The number of carbonyl (C=O) groups is 2. The van der Waals surface area contributed by atoms with Crippen LogP contribution in [0.15, 0.2) is 24.5 Å². The highest BCUT2D eigenvalue weighted by molar-refractivity contribution is 5.94. The van der Waals surface area contributed by atoms with Crippen LogP contribution in [0.4, 0.5) is 0 Å². The molecule has 2 amide bonds. The Labute approximate surface area is 161 Å². The van der Waals surface area contributed by atoms with Crippen LogP contribution in [0.2, 0.25) is 0 Å². The van der Waals surface area contributed by atoms with Gasteiger partial charge in [-0.25, -0.2) is 0 Å². The van der Waals surface area contributed by atoms with E-state index in [1.54, 1.807) is 31.6 Å². The third-order valence-electron chi connectivity index (χ3n) is 5.62. The summed E-state index contributed by atoms with van der Waals surface area (Å²) in [5.74, 6) is 0.291. The van der Waals surface area contributed by atoms with Gasteiger partial charge < -0.3 is 15.0 Å². The van der Waals surface area contributed by atoms with Gasteiger partial charge in [0, 0.05) is 57.3 Å². The van der Waals surface area contributed by atoms with Crippen LogP contribution in [0.5, 0.6) is 0 Å². The van der Waals surface area contributed by atoms with Gasteiger partial charge in [-0.2, -0.15) is 0 Å². The van der Waals surface area contributed by atoms with Crippen molar-refractivity contribution >= 4 is 11.8 Å². The van der Waals surface area contributed by atoms with Crippen molar-refractivity contribution in [3.8, 4) is 0 Å². The van der Waals surface area contributed by atoms with Gasteiger partial charge in [0.25, 0.3) is 5.91 Å². The Kier molecular flexibility index (Phi) is 7.18. The molecule has 2 fully saturated rings. The third kappa shape index (κ3) is 5.26. The molecule has 0 bridgehead atoms. The zero-order valence-electron chi connectivity index (χ0n) is 16.1. The summed E-state index contributed by atoms with van der Waals surface area (Å²) in [5, 5.41) is 2.97. The minimum absolute atomic E-state index is 0.0621. The normalized spacial score (nSPS) is 21.8. The van der Waals surface area contributed by atoms with Crippen molar-refractivity contribution in [3.05, 3.63) is 30.1 Å². The standard InChI is InChI=1S/C20H30N4O3/c1-27-14-10-22-19(25)17-3-2-11-24(15-17)18-6-12-23(13-7-18)20(26)16-4-8-21-9-5-16/h4-5,8-9,17-18H,2-3,6-7,10-15H2,1H3,(H,22,25)/t17-/m0/s1.